The summed E-state index contributed by atoms with van der Waals surface area (Å²) in [6.07, 6.45) is -15.7. The summed E-state index contributed by atoms with van der Waals surface area (Å²) in [6.45, 7) is 16.4. The molecule has 26 heteroatoms. The maximum atomic E-state index is 15.4. The largest absolute Gasteiger partial charge is 0.508 e. The molecule has 2 bridgehead atoms. The van der Waals surface area contributed by atoms with E-state index in [1.807, 2.05) is 26.0 Å². The summed E-state index contributed by atoms with van der Waals surface area (Å²) in [5, 5.41) is 80.6. The molecular formula is C69H82N6O20. The number of hydrogen-bond acceptors (Lipinski definition) is 22. The highest BCUT2D eigenvalue weighted by molar-refractivity contribution is 5.94. The van der Waals surface area contributed by atoms with Gasteiger partial charge in [0.15, 0.2) is 17.2 Å². The Kier molecular flexibility index (Phi) is 19.2. The fourth-order valence-electron chi connectivity index (χ4n) is 14.4. The minimum atomic E-state index is -2.53. The Labute approximate surface area is 547 Å². The number of ketones is 1. The van der Waals surface area contributed by atoms with Gasteiger partial charge in [-0.1, -0.05) is 88.4 Å². The van der Waals surface area contributed by atoms with Gasteiger partial charge >= 0.3 is 35.7 Å². The lowest BCUT2D eigenvalue weighted by atomic mass is 9.44. The van der Waals surface area contributed by atoms with E-state index in [1.165, 1.54) is 67.5 Å². The number of carbonyl (C=O) groups excluding carboxylic acids is 7. The SMILES string of the molecule is CC(=O)O[C@@]12CO[C@@H]1C[C@H](O)[C@@]1(C)C(=O)[C@H](O)C3=C(C)[C@@H](OC(=O)[C@H](OC(=O)C[C@@H](O)C(=O)N4CCN(Cc5ccc(-n6c(-c7cc(C(C)C)c(O)cc7O)n[nH]c6=O)cc5)CC4)[C@@H](NC(=O)OC(C)(C)C)c4ccccc4)C[C@@](O)([C@@H](OC(=O)c4ccccc4)[C@H]21)C3(C)C. The van der Waals surface area contributed by atoms with Crippen LogP contribution in [0.1, 0.15) is 128 Å². The lowest BCUT2D eigenvalue weighted by Crippen LogP contribution is -2.81. The van der Waals surface area contributed by atoms with Gasteiger partial charge in [-0.2, -0.15) is 5.10 Å². The fraction of sp³-hybridized carbons (Fsp3) is 0.493. The Balaban J connectivity index is 0.905. The van der Waals surface area contributed by atoms with Crippen molar-refractivity contribution < 1.29 is 92.6 Å². The number of benzene rings is 4. The van der Waals surface area contributed by atoms with Crippen LogP contribution in [0, 0.1) is 16.7 Å². The zero-order valence-electron chi connectivity index (χ0n) is 54.6. The number of aliphatic hydroxyl groups is 4. The summed E-state index contributed by atoms with van der Waals surface area (Å²) >= 11 is 0. The third-order valence-corrected chi connectivity index (χ3v) is 19.4. The molecular weight excluding hydrogens is 1230 g/mol. The predicted molar refractivity (Wildman–Crippen MR) is 337 cm³/mol. The number of aromatic amines is 1. The van der Waals surface area contributed by atoms with E-state index in [4.69, 9.17) is 28.4 Å². The number of aromatic hydroxyl groups is 2. The van der Waals surface area contributed by atoms with Crippen LogP contribution in [0.2, 0.25) is 0 Å². The van der Waals surface area contributed by atoms with Crippen LogP contribution in [0.15, 0.2) is 113 Å². The molecule has 3 heterocycles. The first kappa shape index (κ1) is 69.1. The number of aromatic nitrogens is 3. The van der Waals surface area contributed by atoms with Crippen LogP contribution in [0.3, 0.4) is 0 Å². The second kappa shape index (κ2) is 26.4. The minimum Gasteiger partial charge on any atom is -0.508 e. The van der Waals surface area contributed by atoms with Gasteiger partial charge in [-0.15, -0.1) is 0 Å². The minimum absolute atomic E-state index is 0.00802. The first-order valence-electron chi connectivity index (χ1n) is 31.6. The molecule has 3 aliphatic carbocycles. The van der Waals surface area contributed by atoms with Gasteiger partial charge < -0.3 is 69.3 Å². The van der Waals surface area contributed by atoms with E-state index in [1.54, 1.807) is 75.4 Å². The number of phenolic OH excluding ortho intramolecular Hbond substituents is 2. The number of rotatable bonds is 17. The number of nitrogens with zero attached hydrogens (tertiary/aromatic N) is 4. The Morgan fingerprint density at radius 1 is 0.863 bits per heavy atom. The van der Waals surface area contributed by atoms with Crippen molar-refractivity contribution >= 4 is 41.7 Å². The van der Waals surface area contributed by atoms with Crippen LogP contribution in [-0.2, 0) is 58.9 Å². The van der Waals surface area contributed by atoms with E-state index in [-0.39, 0.29) is 77.2 Å². The van der Waals surface area contributed by atoms with Gasteiger partial charge in [-0.25, -0.2) is 28.8 Å². The van der Waals surface area contributed by atoms with Gasteiger partial charge in [0.1, 0.15) is 59.3 Å². The molecule has 0 unspecified atom stereocenters. The molecule has 95 heavy (non-hydrogen) atoms. The summed E-state index contributed by atoms with van der Waals surface area (Å²) < 4.78 is 37.7. The van der Waals surface area contributed by atoms with E-state index < -0.39 is 143 Å². The number of H-pyrrole nitrogens is 1. The van der Waals surface area contributed by atoms with Crippen LogP contribution in [0.4, 0.5) is 4.79 Å². The normalized spacial score (nSPS) is 26.6. The Morgan fingerprint density at radius 2 is 1.51 bits per heavy atom. The van der Waals surface area contributed by atoms with E-state index in [2.05, 4.69) is 20.4 Å². The van der Waals surface area contributed by atoms with Crippen molar-refractivity contribution in [2.75, 3.05) is 32.8 Å². The average molecular weight is 1320 g/mol. The van der Waals surface area contributed by atoms with Gasteiger partial charge in [0.05, 0.1) is 47.3 Å². The maximum absolute atomic E-state index is 15.4. The summed E-state index contributed by atoms with van der Waals surface area (Å²) in [4.78, 5) is 117. The molecule has 0 spiro atoms. The molecule has 26 nitrogen and oxygen atoms in total. The molecule has 4 fully saturated rings. The average Bonchev–Trinajstić information content (AvgIpc) is 0.723. The molecule has 2 saturated carbocycles. The van der Waals surface area contributed by atoms with Crippen molar-refractivity contribution in [3.05, 3.63) is 141 Å². The number of esters is 4. The number of aliphatic hydroxyl groups excluding tert-OH is 3. The third-order valence-electron chi connectivity index (χ3n) is 19.4. The second-order valence-electron chi connectivity index (χ2n) is 27.3. The topological polar surface area (TPSA) is 365 Å². The molecule has 5 aromatic rings. The van der Waals surface area contributed by atoms with E-state index in [0.29, 0.717) is 30.9 Å². The third kappa shape index (κ3) is 13.1. The number of Topliss-reactive ketones (excluding diaryl/α,β-unsaturated/α-hetero) is 1. The zero-order valence-corrected chi connectivity index (χ0v) is 54.6. The number of piperazine rings is 1. The van der Waals surface area contributed by atoms with Gasteiger partial charge in [0.2, 0.25) is 6.10 Å². The van der Waals surface area contributed by atoms with E-state index >= 15 is 9.59 Å². The number of fused-ring (bicyclic) bond motifs is 5. The van der Waals surface area contributed by atoms with Gasteiger partial charge in [0, 0.05) is 64.0 Å². The standard InChI is InChI=1S/C69H82N6O20/c1-36(2)43-29-44(46(78)30-45(43)77)59-71-72-63(87)75(59)42-23-21-39(22-24-42)34-73-25-27-74(28-26-73)60(84)47(79)31-51(81)92-55(53(40-17-13-11-14-18-40)70-64(88)95-65(5,6)7)62(86)91-48-33-69(89)58(93-61(85)41-19-15-12-16-20-41)56-67(10,57(83)54(82)52(37(48)3)66(69,8)9)49(80)32-50-68(56,35-90-50)94-38(4)76/h11-24,29-30,36,47-50,53-56,58,77-80,82,89H,25-28,31-35H2,1-10H3,(H,70,88)(H,72,87)/t47-,48+,49+,50-,53+,54-,55-,56+,58+,67-,68+,69-/m1/s1. The number of alkyl carbamates (subject to hydrolysis) is 1. The van der Waals surface area contributed by atoms with Gasteiger partial charge in [0.25, 0.3) is 5.91 Å². The Bertz CT molecular complexity index is 3860. The van der Waals surface area contributed by atoms with Crippen molar-refractivity contribution in [2.24, 2.45) is 16.7 Å². The molecule has 4 aromatic carbocycles. The van der Waals surface area contributed by atoms with Crippen LogP contribution in [0.5, 0.6) is 11.5 Å². The highest BCUT2D eigenvalue weighted by atomic mass is 16.6. The van der Waals surface area contributed by atoms with E-state index in [9.17, 15) is 59.4 Å². The molecule has 5 aliphatic rings. The number of phenols is 2. The molecule has 508 valence electrons. The van der Waals surface area contributed by atoms with Gasteiger partial charge in [-0.3, -0.25) is 24.1 Å². The van der Waals surface area contributed by atoms with Crippen LogP contribution in [0.25, 0.3) is 17.1 Å². The van der Waals surface area contributed by atoms with Crippen LogP contribution in [-0.4, -0.2) is 189 Å². The highest BCUT2D eigenvalue weighted by Gasteiger charge is 2.78. The molecule has 2 aliphatic heterocycles. The second-order valence-corrected chi connectivity index (χ2v) is 27.3. The zero-order chi connectivity index (χ0) is 69.0. The van der Waals surface area contributed by atoms with Crippen molar-refractivity contribution in [3.8, 4) is 28.6 Å². The number of carbonyl (C=O) groups is 7. The summed E-state index contributed by atoms with van der Waals surface area (Å²) in [5.74, 6) is -8.32. The first-order chi connectivity index (χ1) is 44.7. The van der Waals surface area contributed by atoms with Crippen molar-refractivity contribution in [3.63, 3.8) is 0 Å². The highest BCUT2D eigenvalue weighted by Crippen LogP contribution is 2.64. The molecule has 2 saturated heterocycles. The molecule has 10 rings (SSSR count). The van der Waals surface area contributed by atoms with Gasteiger partial charge in [-0.05, 0) is 98.7 Å². The molecule has 12 atom stereocenters. The number of nitrogens with one attached hydrogen (secondary N) is 2. The predicted octanol–water partition coefficient (Wildman–Crippen LogP) is 4.98. The Hall–Kier alpha value is -8.79. The number of ether oxygens (including phenoxy) is 6. The lowest BCUT2D eigenvalue weighted by Gasteiger charge is -2.67. The van der Waals surface area contributed by atoms with Crippen molar-refractivity contribution in [1.82, 2.24) is 29.9 Å². The monoisotopic (exact) mass is 1310 g/mol. The summed E-state index contributed by atoms with van der Waals surface area (Å²) in [5.41, 5.74) is -7.85. The quantitative estimate of drug-likeness (QED) is 0.0345. The molecule has 1 aromatic heterocycles. The van der Waals surface area contributed by atoms with Crippen LogP contribution >= 0.6 is 0 Å². The fourth-order valence-corrected chi connectivity index (χ4v) is 14.4. The smallest absolute Gasteiger partial charge is 0.408 e. The molecule has 0 radical (unpaired) electrons. The summed E-state index contributed by atoms with van der Waals surface area (Å²) in [7, 11) is 0. The van der Waals surface area contributed by atoms with Crippen molar-refractivity contribution in [1.29, 1.82) is 0 Å². The number of amides is 2. The lowest BCUT2D eigenvalue weighted by molar-refractivity contribution is -0.346. The Morgan fingerprint density at radius 3 is 2.11 bits per heavy atom. The van der Waals surface area contributed by atoms with Crippen molar-refractivity contribution in [2.45, 2.75) is 167 Å². The summed E-state index contributed by atoms with van der Waals surface area (Å²) in [6, 6.07) is 23.7. The maximum Gasteiger partial charge on any atom is 0.408 e. The number of hydrogen-bond donors (Lipinski definition) is 8. The van der Waals surface area contributed by atoms with Crippen LogP contribution < -0.4 is 11.0 Å². The molecule has 2 amide bonds. The molecule has 8 N–H and O–H groups in total. The van der Waals surface area contributed by atoms with E-state index in [0.717, 1.165) is 12.5 Å². The first-order valence-corrected chi connectivity index (χ1v) is 31.6.